The predicted molar refractivity (Wildman–Crippen MR) is 20.8 cm³/mol. The van der Waals surface area contributed by atoms with Crippen molar-refractivity contribution >= 4 is 17.4 Å². The van der Waals surface area contributed by atoms with E-state index in [9.17, 15) is 0 Å². The molecule has 0 bridgehead atoms. The van der Waals surface area contributed by atoms with E-state index in [1.807, 2.05) is 0 Å². The molecule has 0 rings (SSSR count). The standard InChI is InChI=1S/Al.2La.3H2O.3H/h;;;3*1H2;;;. The van der Waals surface area contributed by atoms with Crippen molar-refractivity contribution in [1.29, 1.82) is 0 Å². The van der Waals surface area contributed by atoms with Gasteiger partial charge in [0.15, 0.2) is 17.4 Å². The zero-order chi connectivity index (χ0) is 0. The van der Waals surface area contributed by atoms with Gasteiger partial charge >= 0.3 is 0 Å². The first kappa shape index (κ1) is 68.2. The first-order valence-corrected chi connectivity index (χ1v) is 0. The summed E-state index contributed by atoms with van der Waals surface area (Å²) in [6.45, 7) is 0. The van der Waals surface area contributed by atoms with E-state index < -0.39 is 0 Å². The van der Waals surface area contributed by atoms with Crippen LogP contribution in [0.2, 0.25) is 0 Å². The first-order chi connectivity index (χ1) is 0. The van der Waals surface area contributed by atoms with Crippen molar-refractivity contribution in [3.63, 3.8) is 0 Å². The summed E-state index contributed by atoms with van der Waals surface area (Å²) in [7, 11) is 0. The molecule has 0 aromatic heterocycles. The Morgan fingerprint density at radius 2 is 0.500 bits per heavy atom. The second-order valence-corrected chi connectivity index (χ2v) is 0. The van der Waals surface area contributed by atoms with Gasteiger partial charge in [-0.15, -0.1) is 0 Å². The van der Waals surface area contributed by atoms with Gasteiger partial charge in [-0.3, -0.25) is 0 Å². The van der Waals surface area contributed by atoms with Crippen molar-refractivity contribution in [2.75, 3.05) is 0 Å². The molecular formula is H9AlLa2O3. The van der Waals surface area contributed by atoms with E-state index in [0.29, 0.717) is 0 Å². The van der Waals surface area contributed by atoms with E-state index in [1.165, 1.54) is 0 Å². The summed E-state index contributed by atoms with van der Waals surface area (Å²) in [5.74, 6) is 0. The molecule has 0 heterocycles. The smallest absolute Gasteiger partial charge is 0.187 e. The van der Waals surface area contributed by atoms with Crippen LogP contribution in [-0.2, 0) is 0 Å². The van der Waals surface area contributed by atoms with Crippen LogP contribution in [0.3, 0.4) is 0 Å². The van der Waals surface area contributed by atoms with Gasteiger partial charge in [0.2, 0.25) is 0 Å². The van der Waals surface area contributed by atoms with Crippen LogP contribution in [0.4, 0.5) is 0 Å². The first-order valence-electron chi connectivity index (χ1n) is 0. The van der Waals surface area contributed by atoms with Crippen molar-refractivity contribution in [2.45, 2.75) is 0 Å². The Bertz CT molecular complexity index is 8.75. The zero-order valence-electron chi connectivity index (χ0n) is 2.65. The topological polar surface area (TPSA) is 94.5 Å². The van der Waals surface area contributed by atoms with E-state index >= 15 is 0 Å². The molecule has 36 valence electrons. The Balaban J connectivity index is 0. The van der Waals surface area contributed by atoms with Gasteiger partial charge in [0.25, 0.3) is 0 Å². The number of hydrogen-bond donors (Lipinski definition) is 0. The summed E-state index contributed by atoms with van der Waals surface area (Å²) in [4.78, 5) is 0. The van der Waals surface area contributed by atoms with Gasteiger partial charge in [-0.05, 0) is 0 Å². The Hall–Kier alpha value is 2.80. The van der Waals surface area contributed by atoms with Gasteiger partial charge in [0.1, 0.15) is 0 Å². The monoisotopic (exact) mass is 362 g/mol. The van der Waals surface area contributed by atoms with Crippen molar-refractivity contribution < 1.29 is 87.6 Å². The van der Waals surface area contributed by atoms with Crippen LogP contribution >= 0.6 is 0 Å². The minimum absolute atomic E-state index is 0. The number of rotatable bonds is 0. The van der Waals surface area contributed by atoms with Crippen LogP contribution < -0.4 is 0 Å². The summed E-state index contributed by atoms with van der Waals surface area (Å²) >= 11 is 0. The molecule has 6 N–H and O–H groups in total. The summed E-state index contributed by atoms with van der Waals surface area (Å²) in [6, 6.07) is 0. The molecule has 0 fully saturated rings. The molecular weight excluding hydrogens is 353 g/mol. The van der Waals surface area contributed by atoms with Crippen LogP contribution in [-0.4, -0.2) is 33.8 Å². The van der Waals surface area contributed by atoms with Gasteiger partial charge in [0.05, 0.1) is 0 Å². The Morgan fingerprint density at radius 1 is 0.500 bits per heavy atom. The molecule has 0 amide bonds. The van der Waals surface area contributed by atoms with E-state index in [4.69, 9.17) is 0 Å². The molecule has 0 saturated carbocycles. The molecule has 0 unspecified atom stereocenters. The van der Waals surface area contributed by atoms with Crippen molar-refractivity contribution in [2.24, 2.45) is 0 Å². The molecule has 0 spiro atoms. The largest absolute Gasteiger partial charge is 0.412 e. The second-order valence-electron chi connectivity index (χ2n) is 0. The average Bonchev–Trinajstić information content (AvgIpc) is 0. The van der Waals surface area contributed by atoms with E-state index in [-0.39, 0.29) is 105 Å². The van der Waals surface area contributed by atoms with E-state index in [2.05, 4.69) is 0 Å². The van der Waals surface area contributed by atoms with Gasteiger partial charge in [0, 0.05) is 71.2 Å². The minimum Gasteiger partial charge on any atom is -0.412 e. The molecule has 0 aliphatic rings. The molecule has 0 saturated heterocycles. The zero-order valence-corrected chi connectivity index (χ0v) is 9.91. The van der Waals surface area contributed by atoms with Gasteiger partial charge in [-0.25, -0.2) is 0 Å². The fourth-order valence-corrected chi connectivity index (χ4v) is 0. The van der Waals surface area contributed by atoms with Crippen LogP contribution in [0.5, 0.6) is 0 Å². The van der Waals surface area contributed by atoms with Crippen molar-refractivity contribution in [3.8, 4) is 0 Å². The maximum atomic E-state index is 0. The second kappa shape index (κ2) is 46.0. The summed E-state index contributed by atoms with van der Waals surface area (Å²) in [5.41, 5.74) is 0. The molecule has 6 heavy (non-hydrogen) atoms. The van der Waals surface area contributed by atoms with Crippen LogP contribution in [0, 0.1) is 71.2 Å². The molecule has 0 aromatic rings. The Kier molecular flexibility index (Phi) is 523. The molecule has 0 aliphatic heterocycles. The van der Waals surface area contributed by atoms with Gasteiger partial charge < -0.3 is 16.4 Å². The van der Waals surface area contributed by atoms with Crippen LogP contribution in [0.15, 0.2) is 0 Å². The normalized spacial score (nSPS) is 0. The Morgan fingerprint density at radius 3 is 0.500 bits per heavy atom. The van der Waals surface area contributed by atoms with Crippen LogP contribution in [0.1, 0.15) is 0 Å². The summed E-state index contributed by atoms with van der Waals surface area (Å²) in [6.07, 6.45) is 0. The maximum absolute atomic E-state index is 0. The van der Waals surface area contributed by atoms with Crippen molar-refractivity contribution in [1.82, 2.24) is 0 Å². The van der Waals surface area contributed by atoms with Crippen molar-refractivity contribution in [3.05, 3.63) is 0 Å². The van der Waals surface area contributed by atoms with Gasteiger partial charge in [-0.2, -0.15) is 0 Å². The third-order valence-electron chi connectivity index (χ3n) is 0. The summed E-state index contributed by atoms with van der Waals surface area (Å²) in [5, 5.41) is 0. The maximum Gasteiger partial charge on any atom is 0.187 e. The fraction of sp³-hybridized carbons (Fsp3) is 0. The number of hydrogen-bond acceptors (Lipinski definition) is 0. The minimum atomic E-state index is 0. The summed E-state index contributed by atoms with van der Waals surface area (Å²) < 4.78 is 0. The third kappa shape index (κ3) is 29.2. The quantitative estimate of drug-likeness (QED) is 0.398. The van der Waals surface area contributed by atoms with E-state index in [1.54, 1.807) is 0 Å². The predicted octanol–water partition coefficient (Wildman–Crippen LogP) is -3.66. The molecule has 0 aromatic carbocycles. The molecule has 2 radical (unpaired) electrons. The van der Waals surface area contributed by atoms with Crippen LogP contribution in [0.25, 0.3) is 0 Å². The average molecular weight is 362 g/mol. The molecule has 6 heteroatoms. The SMILES string of the molecule is O.O.O.[AlH3].[La].[La]. The molecule has 0 aliphatic carbocycles. The van der Waals surface area contributed by atoms with Gasteiger partial charge in [-0.1, -0.05) is 0 Å². The third-order valence-corrected chi connectivity index (χ3v) is 0. The Labute approximate surface area is 103 Å². The molecule has 3 nitrogen and oxygen atoms in total. The van der Waals surface area contributed by atoms with E-state index in [0.717, 1.165) is 0 Å². The fourth-order valence-electron chi connectivity index (χ4n) is 0. The molecule has 0 atom stereocenters.